The molecule has 0 amide bonds. The number of hydrogen-bond donors (Lipinski definition) is 2. The molecule has 1 unspecified atom stereocenters. The molecule has 2 aromatic carbocycles. The lowest BCUT2D eigenvalue weighted by Gasteiger charge is -2.24. The van der Waals surface area contributed by atoms with E-state index in [4.69, 9.17) is 19.9 Å². The SMILES string of the molecule is COc1cc(C2N=C(N)Nc3nc4ccccc4n32)cc2c1OCO2. The smallest absolute Gasteiger partial charge is 0.231 e. The van der Waals surface area contributed by atoms with Crippen LogP contribution in [0.1, 0.15) is 11.7 Å². The first kappa shape index (κ1) is 14.0. The fourth-order valence-corrected chi connectivity index (χ4v) is 3.24. The van der Waals surface area contributed by atoms with Crippen molar-refractivity contribution in [3.05, 3.63) is 42.0 Å². The Bertz CT molecular complexity index is 1030. The Kier molecular flexibility index (Phi) is 2.81. The number of fused-ring (bicyclic) bond motifs is 4. The van der Waals surface area contributed by atoms with Crippen LogP contribution in [0, 0.1) is 0 Å². The number of nitrogens with two attached hydrogens (primary N) is 1. The van der Waals surface area contributed by atoms with Gasteiger partial charge in [0.05, 0.1) is 18.1 Å². The van der Waals surface area contributed by atoms with Crippen LogP contribution in [0.5, 0.6) is 17.2 Å². The van der Waals surface area contributed by atoms with E-state index in [0.717, 1.165) is 16.6 Å². The topological polar surface area (TPSA) is 95.9 Å². The summed E-state index contributed by atoms with van der Waals surface area (Å²) in [4.78, 5) is 9.17. The quantitative estimate of drug-likeness (QED) is 0.743. The standard InChI is InChI=1S/C17H15N5O3/c1-23-12-6-9(7-13-14(12)25-8-24-13)15-20-16(18)21-17-19-10-4-2-3-5-11(10)22(15)17/h2-7,15H,8H2,1H3,(H3,18,19,20,21). The maximum Gasteiger partial charge on any atom is 0.231 e. The molecule has 5 rings (SSSR count). The highest BCUT2D eigenvalue weighted by molar-refractivity contribution is 5.94. The second kappa shape index (κ2) is 5.04. The molecule has 0 aliphatic carbocycles. The van der Waals surface area contributed by atoms with E-state index in [9.17, 15) is 0 Å². The third kappa shape index (κ3) is 2.00. The Morgan fingerprint density at radius 3 is 3.04 bits per heavy atom. The second-order valence-corrected chi connectivity index (χ2v) is 5.76. The van der Waals surface area contributed by atoms with Gasteiger partial charge in [0, 0.05) is 5.56 Å². The lowest BCUT2D eigenvalue weighted by atomic mass is 10.1. The van der Waals surface area contributed by atoms with Crippen LogP contribution in [0.2, 0.25) is 0 Å². The summed E-state index contributed by atoms with van der Waals surface area (Å²) in [7, 11) is 1.60. The number of nitrogens with one attached hydrogen (secondary N) is 1. The van der Waals surface area contributed by atoms with Gasteiger partial charge in [-0.1, -0.05) is 12.1 Å². The third-order valence-electron chi connectivity index (χ3n) is 4.32. The van der Waals surface area contributed by atoms with Crippen molar-refractivity contribution in [3.63, 3.8) is 0 Å². The number of aliphatic imine (C=N–C) groups is 1. The highest BCUT2D eigenvalue weighted by Gasteiger charge is 2.28. The van der Waals surface area contributed by atoms with E-state index in [1.165, 1.54) is 0 Å². The minimum Gasteiger partial charge on any atom is -0.493 e. The van der Waals surface area contributed by atoms with Crippen LogP contribution < -0.4 is 25.3 Å². The van der Waals surface area contributed by atoms with Crippen molar-refractivity contribution in [1.82, 2.24) is 9.55 Å². The summed E-state index contributed by atoms with van der Waals surface area (Å²) in [5.41, 5.74) is 8.68. The van der Waals surface area contributed by atoms with Gasteiger partial charge < -0.3 is 19.9 Å². The summed E-state index contributed by atoms with van der Waals surface area (Å²) in [5, 5.41) is 3.02. The molecular weight excluding hydrogens is 322 g/mol. The van der Waals surface area contributed by atoms with Gasteiger partial charge in [-0.3, -0.25) is 9.88 Å². The molecule has 3 N–H and O–H groups in total. The van der Waals surface area contributed by atoms with Crippen molar-refractivity contribution in [2.24, 2.45) is 10.7 Å². The highest BCUT2D eigenvalue weighted by Crippen LogP contribution is 2.44. The second-order valence-electron chi connectivity index (χ2n) is 5.76. The largest absolute Gasteiger partial charge is 0.493 e. The minimum atomic E-state index is -0.382. The molecule has 0 fully saturated rings. The molecule has 8 heteroatoms. The van der Waals surface area contributed by atoms with Gasteiger partial charge in [0.1, 0.15) is 0 Å². The number of rotatable bonds is 2. The molecule has 2 aliphatic heterocycles. The molecule has 3 aromatic rings. The molecule has 0 radical (unpaired) electrons. The first-order chi connectivity index (χ1) is 12.2. The third-order valence-corrected chi connectivity index (χ3v) is 4.32. The summed E-state index contributed by atoms with van der Waals surface area (Å²) in [6.07, 6.45) is -0.382. The first-order valence-electron chi connectivity index (χ1n) is 7.79. The molecule has 8 nitrogen and oxygen atoms in total. The van der Waals surface area contributed by atoms with Gasteiger partial charge in [-0.25, -0.2) is 9.98 Å². The summed E-state index contributed by atoms with van der Waals surface area (Å²) in [6.45, 7) is 0.173. The number of nitrogens with zero attached hydrogens (tertiary/aromatic N) is 3. The molecule has 2 aliphatic rings. The number of hydrogen-bond acceptors (Lipinski definition) is 7. The number of benzene rings is 2. The fourth-order valence-electron chi connectivity index (χ4n) is 3.24. The van der Waals surface area contributed by atoms with E-state index >= 15 is 0 Å². The number of para-hydroxylation sites is 2. The molecule has 126 valence electrons. The van der Waals surface area contributed by atoms with E-state index in [-0.39, 0.29) is 13.0 Å². The van der Waals surface area contributed by atoms with E-state index < -0.39 is 0 Å². The molecular formula is C17H15N5O3. The summed E-state index contributed by atoms with van der Waals surface area (Å²) >= 11 is 0. The van der Waals surface area contributed by atoms with Crippen LogP contribution in [0.25, 0.3) is 11.0 Å². The Labute approximate surface area is 142 Å². The molecule has 0 spiro atoms. The summed E-state index contributed by atoms with van der Waals surface area (Å²) < 4.78 is 18.5. The lowest BCUT2D eigenvalue weighted by molar-refractivity contribution is 0.171. The van der Waals surface area contributed by atoms with Gasteiger partial charge in [-0.2, -0.15) is 0 Å². The zero-order valence-corrected chi connectivity index (χ0v) is 13.4. The van der Waals surface area contributed by atoms with Crippen molar-refractivity contribution in [3.8, 4) is 17.2 Å². The number of ether oxygens (including phenoxy) is 3. The van der Waals surface area contributed by atoms with Gasteiger partial charge in [-0.05, 0) is 24.3 Å². The van der Waals surface area contributed by atoms with Crippen LogP contribution >= 0.6 is 0 Å². The maximum absolute atomic E-state index is 5.98. The first-order valence-corrected chi connectivity index (χ1v) is 7.79. The number of aromatic nitrogens is 2. The van der Waals surface area contributed by atoms with E-state index in [2.05, 4.69) is 15.3 Å². The van der Waals surface area contributed by atoms with Crippen molar-refractivity contribution in [1.29, 1.82) is 0 Å². The zero-order chi connectivity index (χ0) is 17.0. The molecule has 0 saturated carbocycles. The maximum atomic E-state index is 5.98. The van der Waals surface area contributed by atoms with Gasteiger partial charge >= 0.3 is 0 Å². The van der Waals surface area contributed by atoms with Crippen molar-refractivity contribution in [2.45, 2.75) is 6.17 Å². The minimum absolute atomic E-state index is 0.173. The number of guanidine groups is 1. The lowest BCUT2D eigenvalue weighted by Crippen LogP contribution is -2.31. The van der Waals surface area contributed by atoms with Crippen LogP contribution in [0.3, 0.4) is 0 Å². The Hall–Kier alpha value is -3.42. The molecule has 0 saturated heterocycles. The summed E-state index contributed by atoms with van der Waals surface area (Å²) in [6, 6.07) is 11.7. The van der Waals surface area contributed by atoms with Crippen LogP contribution in [-0.2, 0) is 0 Å². The van der Waals surface area contributed by atoms with Crippen LogP contribution in [-0.4, -0.2) is 29.4 Å². The molecule has 1 aromatic heterocycles. The number of methoxy groups -OCH3 is 1. The predicted octanol–water partition coefficient (Wildman–Crippen LogP) is 2.06. The Morgan fingerprint density at radius 1 is 1.28 bits per heavy atom. The number of anilines is 1. The molecule has 3 heterocycles. The predicted molar refractivity (Wildman–Crippen MR) is 92.2 cm³/mol. The van der Waals surface area contributed by atoms with Crippen LogP contribution in [0.15, 0.2) is 41.4 Å². The number of imidazole rings is 1. The van der Waals surface area contributed by atoms with Crippen molar-refractivity contribution >= 4 is 22.9 Å². The highest BCUT2D eigenvalue weighted by atomic mass is 16.7. The van der Waals surface area contributed by atoms with E-state index in [1.54, 1.807) is 7.11 Å². The molecule has 25 heavy (non-hydrogen) atoms. The van der Waals surface area contributed by atoms with Gasteiger partial charge in [0.2, 0.25) is 18.5 Å². The van der Waals surface area contributed by atoms with Gasteiger partial charge in [0.25, 0.3) is 0 Å². The zero-order valence-electron chi connectivity index (χ0n) is 13.4. The monoisotopic (exact) mass is 337 g/mol. The van der Waals surface area contributed by atoms with Crippen molar-refractivity contribution < 1.29 is 14.2 Å². The normalized spacial score (nSPS) is 17.8. The average Bonchev–Trinajstić information content (AvgIpc) is 3.23. The van der Waals surface area contributed by atoms with Crippen LogP contribution in [0.4, 0.5) is 5.95 Å². The van der Waals surface area contributed by atoms with Crippen molar-refractivity contribution in [2.75, 3.05) is 19.2 Å². The van der Waals surface area contributed by atoms with E-state index in [0.29, 0.717) is 29.2 Å². The average molecular weight is 337 g/mol. The van der Waals surface area contributed by atoms with Gasteiger partial charge in [-0.15, -0.1) is 0 Å². The Balaban J connectivity index is 1.73. The summed E-state index contributed by atoms with van der Waals surface area (Å²) in [5.74, 6) is 2.79. The molecule has 0 bridgehead atoms. The Morgan fingerprint density at radius 2 is 2.16 bits per heavy atom. The fraction of sp³-hybridized carbons (Fsp3) is 0.176. The van der Waals surface area contributed by atoms with E-state index in [1.807, 2.05) is 41.0 Å². The molecule has 1 atom stereocenters. The van der Waals surface area contributed by atoms with Gasteiger partial charge in [0.15, 0.2) is 23.6 Å².